The molecule has 4 heteroatoms. The first kappa shape index (κ1) is 15.3. The van der Waals surface area contributed by atoms with Gasteiger partial charge in [-0.25, -0.2) is 0 Å². The Hall–Kier alpha value is -0.770. The average molecular weight is 255 g/mol. The highest BCUT2D eigenvalue weighted by molar-refractivity contribution is 5.78. The molecule has 1 aliphatic rings. The Morgan fingerprint density at radius 2 is 1.94 bits per heavy atom. The number of nitrogens with zero attached hydrogens (tertiary/aromatic N) is 2. The molecule has 2 N–H and O–H groups in total. The third kappa shape index (κ3) is 4.48. The molecule has 1 aliphatic heterocycles. The summed E-state index contributed by atoms with van der Waals surface area (Å²) in [7, 11) is 1.74. The van der Waals surface area contributed by atoms with E-state index in [-0.39, 0.29) is 11.5 Å². The molecule has 1 saturated heterocycles. The van der Waals surface area contributed by atoms with Crippen molar-refractivity contribution in [3.63, 3.8) is 0 Å². The summed E-state index contributed by atoms with van der Waals surface area (Å²) in [5.41, 5.74) is 6.15. The van der Waals surface area contributed by atoms with E-state index < -0.39 is 0 Å². The molecule has 106 valence electrons. The van der Waals surface area contributed by atoms with E-state index in [1.807, 2.05) is 0 Å². The van der Waals surface area contributed by atoms with Gasteiger partial charge in [-0.3, -0.25) is 4.99 Å². The topological polar surface area (TPSA) is 50.9 Å². The lowest BCUT2D eigenvalue weighted by Gasteiger charge is -2.32. The van der Waals surface area contributed by atoms with E-state index in [0.717, 1.165) is 19.0 Å². The van der Waals surface area contributed by atoms with Gasteiger partial charge in [0.25, 0.3) is 0 Å². The van der Waals surface area contributed by atoms with E-state index in [0.29, 0.717) is 12.5 Å². The van der Waals surface area contributed by atoms with Crippen LogP contribution in [0.1, 0.15) is 40.5 Å². The van der Waals surface area contributed by atoms with Gasteiger partial charge in [0.05, 0.1) is 12.6 Å². The first-order chi connectivity index (χ1) is 8.34. The van der Waals surface area contributed by atoms with Gasteiger partial charge in [-0.2, -0.15) is 0 Å². The predicted octanol–water partition coefficient (Wildman–Crippen LogP) is 2.09. The number of hydrogen-bond donors (Lipinski definition) is 1. The van der Waals surface area contributed by atoms with Gasteiger partial charge in [0.15, 0.2) is 5.96 Å². The van der Waals surface area contributed by atoms with Crippen LogP contribution in [0.15, 0.2) is 4.99 Å². The van der Waals surface area contributed by atoms with Gasteiger partial charge in [-0.05, 0) is 24.2 Å². The number of hydrogen-bond acceptors (Lipinski definition) is 2. The molecule has 0 bridgehead atoms. The van der Waals surface area contributed by atoms with E-state index in [1.54, 1.807) is 7.11 Å². The molecular weight excluding hydrogens is 226 g/mol. The zero-order chi connectivity index (χ0) is 13.8. The summed E-state index contributed by atoms with van der Waals surface area (Å²) in [6.45, 7) is 11.5. The minimum atomic E-state index is 0.0922. The lowest BCUT2D eigenvalue weighted by molar-refractivity contribution is 0.0239. The summed E-state index contributed by atoms with van der Waals surface area (Å²) < 4.78 is 5.49. The molecule has 0 amide bonds. The van der Waals surface area contributed by atoms with Crippen molar-refractivity contribution in [3.05, 3.63) is 0 Å². The number of likely N-dealkylation sites (tertiary alicyclic amines) is 1. The predicted molar refractivity (Wildman–Crippen MR) is 76.7 cm³/mol. The van der Waals surface area contributed by atoms with Crippen molar-refractivity contribution in [2.24, 2.45) is 22.1 Å². The molecule has 1 rings (SSSR count). The first-order valence-electron chi connectivity index (χ1n) is 6.92. The van der Waals surface area contributed by atoms with Crippen molar-refractivity contribution < 1.29 is 4.74 Å². The fourth-order valence-electron chi connectivity index (χ4n) is 2.22. The number of methoxy groups -OCH3 is 1. The Labute approximate surface area is 112 Å². The molecule has 0 aromatic heterocycles. The highest BCUT2D eigenvalue weighted by atomic mass is 16.5. The number of ether oxygens (including phenoxy) is 1. The van der Waals surface area contributed by atoms with Crippen molar-refractivity contribution in [3.8, 4) is 0 Å². The van der Waals surface area contributed by atoms with Crippen molar-refractivity contribution in [2.45, 2.75) is 46.6 Å². The van der Waals surface area contributed by atoms with Crippen LogP contribution in [0.4, 0.5) is 0 Å². The van der Waals surface area contributed by atoms with Crippen molar-refractivity contribution in [2.75, 3.05) is 26.7 Å². The molecule has 4 nitrogen and oxygen atoms in total. The number of guanidine groups is 1. The van der Waals surface area contributed by atoms with E-state index in [9.17, 15) is 0 Å². The van der Waals surface area contributed by atoms with E-state index >= 15 is 0 Å². The Bertz CT molecular complexity index is 275. The van der Waals surface area contributed by atoms with Crippen LogP contribution in [0, 0.1) is 11.3 Å². The second-order valence-corrected chi connectivity index (χ2v) is 6.46. The number of rotatable bonds is 3. The number of nitrogens with two attached hydrogens (primary N) is 1. The summed E-state index contributed by atoms with van der Waals surface area (Å²) >= 11 is 0. The van der Waals surface area contributed by atoms with Gasteiger partial charge < -0.3 is 15.4 Å². The second-order valence-electron chi connectivity index (χ2n) is 6.46. The Balaban J connectivity index is 2.50. The largest absolute Gasteiger partial charge is 0.379 e. The molecule has 0 aromatic rings. The Morgan fingerprint density at radius 1 is 1.39 bits per heavy atom. The minimum Gasteiger partial charge on any atom is -0.379 e. The summed E-state index contributed by atoms with van der Waals surface area (Å²) in [6, 6.07) is 0. The summed E-state index contributed by atoms with van der Waals surface area (Å²) in [6.07, 6.45) is 2.53. The van der Waals surface area contributed by atoms with Crippen LogP contribution in [0.25, 0.3) is 0 Å². The average Bonchev–Trinajstić information content (AvgIpc) is 2.28. The summed E-state index contributed by atoms with van der Waals surface area (Å²) in [4.78, 5) is 6.70. The van der Waals surface area contributed by atoms with E-state index in [2.05, 4.69) is 37.6 Å². The van der Waals surface area contributed by atoms with Gasteiger partial charge in [-0.1, -0.05) is 27.7 Å². The highest BCUT2D eigenvalue weighted by Gasteiger charge is 2.24. The third-order valence-electron chi connectivity index (χ3n) is 3.78. The van der Waals surface area contributed by atoms with Crippen LogP contribution < -0.4 is 5.73 Å². The Morgan fingerprint density at radius 3 is 2.39 bits per heavy atom. The quantitative estimate of drug-likeness (QED) is 0.620. The van der Waals surface area contributed by atoms with Crippen LogP contribution in [-0.4, -0.2) is 43.7 Å². The lowest BCUT2D eigenvalue weighted by atomic mass is 9.89. The maximum Gasteiger partial charge on any atom is 0.191 e. The van der Waals surface area contributed by atoms with Crippen LogP contribution in [0.2, 0.25) is 0 Å². The van der Waals surface area contributed by atoms with Gasteiger partial charge in [0.1, 0.15) is 0 Å². The monoisotopic (exact) mass is 255 g/mol. The maximum atomic E-state index is 6.06. The zero-order valence-corrected chi connectivity index (χ0v) is 12.6. The fraction of sp³-hybridized carbons (Fsp3) is 0.929. The van der Waals surface area contributed by atoms with Gasteiger partial charge >= 0.3 is 0 Å². The van der Waals surface area contributed by atoms with Crippen LogP contribution >= 0.6 is 0 Å². The number of piperidine rings is 1. The van der Waals surface area contributed by atoms with Crippen molar-refractivity contribution in [1.29, 1.82) is 0 Å². The molecule has 0 radical (unpaired) electrons. The molecule has 1 heterocycles. The van der Waals surface area contributed by atoms with Crippen LogP contribution in [-0.2, 0) is 4.74 Å². The lowest BCUT2D eigenvalue weighted by Crippen LogP contribution is -2.43. The molecule has 1 atom stereocenters. The van der Waals surface area contributed by atoms with E-state index in [1.165, 1.54) is 12.8 Å². The highest BCUT2D eigenvalue weighted by Crippen LogP contribution is 2.22. The van der Waals surface area contributed by atoms with Crippen molar-refractivity contribution in [1.82, 2.24) is 4.90 Å². The SMILES string of the molecule is COC(CN=C(N)N1CCC(C)CC1)C(C)(C)C. The molecule has 0 spiro atoms. The normalized spacial score (nSPS) is 21.2. The fourth-order valence-corrected chi connectivity index (χ4v) is 2.22. The molecule has 0 saturated carbocycles. The molecule has 1 unspecified atom stereocenters. The molecule has 1 fully saturated rings. The van der Waals surface area contributed by atoms with Gasteiger partial charge in [-0.15, -0.1) is 0 Å². The first-order valence-corrected chi connectivity index (χ1v) is 6.92. The maximum absolute atomic E-state index is 6.06. The summed E-state index contributed by atoms with van der Waals surface area (Å²) in [5, 5.41) is 0. The minimum absolute atomic E-state index is 0.0922. The van der Waals surface area contributed by atoms with Gasteiger partial charge in [0, 0.05) is 20.2 Å². The van der Waals surface area contributed by atoms with Gasteiger partial charge in [0.2, 0.25) is 0 Å². The van der Waals surface area contributed by atoms with Crippen LogP contribution in [0.5, 0.6) is 0 Å². The van der Waals surface area contributed by atoms with Crippen molar-refractivity contribution >= 4 is 5.96 Å². The number of aliphatic imine (C=N–C) groups is 1. The van der Waals surface area contributed by atoms with E-state index in [4.69, 9.17) is 10.5 Å². The molecule has 0 aliphatic carbocycles. The zero-order valence-electron chi connectivity index (χ0n) is 12.6. The van der Waals surface area contributed by atoms with Crippen LogP contribution in [0.3, 0.4) is 0 Å². The standard InChI is InChI=1S/C14H29N3O/c1-11-6-8-17(9-7-11)13(15)16-10-12(18-5)14(2,3)4/h11-12H,6-10H2,1-5H3,(H2,15,16). The molecule has 0 aromatic carbocycles. The summed E-state index contributed by atoms with van der Waals surface area (Å²) in [5.74, 6) is 1.49. The molecule has 18 heavy (non-hydrogen) atoms. The third-order valence-corrected chi connectivity index (χ3v) is 3.78. The Kier molecular flexibility index (Phi) is 5.45. The second kappa shape index (κ2) is 6.41. The molecular formula is C14H29N3O. The smallest absolute Gasteiger partial charge is 0.191 e.